The van der Waals surface area contributed by atoms with Crippen LogP contribution in [0, 0.1) is 22.7 Å². The summed E-state index contributed by atoms with van der Waals surface area (Å²) in [6.45, 7) is 4.18. The quantitative estimate of drug-likeness (QED) is 0.644. The van der Waals surface area contributed by atoms with Crippen LogP contribution in [0.5, 0.6) is 0 Å². The Labute approximate surface area is 111 Å². The van der Waals surface area contributed by atoms with Gasteiger partial charge in [0.1, 0.15) is 17.7 Å². The second-order valence-corrected chi connectivity index (χ2v) is 4.35. The Morgan fingerprint density at radius 1 is 1.33 bits per heavy atom. The van der Waals surface area contributed by atoms with Crippen LogP contribution in [0.2, 0.25) is 5.02 Å². The number of hydrogen-bond donors (Lipinski definition) is 2. The first kappa shape index (κ1) is 13.9. The Bertz CT molecular complexity index is 519. The number of hydrazine groups is 1. The molecule has 0 aliphatic rings. The minimum absolute atomic E-state index is 0.0163. The first-order valence-electron chi connectivity index (χ1n) is 5.39. The number of nitrogens with one attached hydrogen (secondary N) is 2. The molecule has 1 aromatic rings. The van der Waals surface area contributed by atoms with Crippen LogP contribution in [-0.2, 0) is 0 Å². The summed E-state index contributed by atoms with van der Waals surface area (Å²) in [5.74, 6) is 0.410. The van der Waals surface area contributed by atoms with E-state index in [9.17, 15) is 0 Å². The molecule has 0 saturated heterocycles. The summed E-state index contributed by atoms with van der Waals surface area (Å²) in [7, 11) is 0. The largest absolute Gasteiger partial charge is 0.306 e. The molecular weight excluding hydrogens is 248 g/mol. The SMILES string of the molecule is CC(C)c1ccc(NNC=C(C#N)C#N)c(Cl)c1. The van der Waals surface area contributed by atoms with E-state index in [-0.39, 0.29) is 5.57 Å². The van der Waals surface area contributed by atoms with Crippen molar-refractivity contribution in [3.8, 4) is 12.1 Å². The molecule has 0 bridgehead atoms. The van der Waals surface area contributed by atoms with Gasteiger partial charge in [-0.3, -0.25) is 5.43 Å². The van der Waals surface area contributed by atoms with Gasteiger partial charge >= 0.3 is 0 Å². The van der Waals surface area contributed by atoms with Gasteiger partial charge in [-0.25, -0.2) is 0 Å². The lowest BCUT2D eigenvalue weighted by molar-refractivity contribution is 0.866. The van der Waals surface area contributed by atoms with Crippen molar-refractivity contribution < 1.29 is 0 Å². The molecule has 1 aromatic carbocycles. The lowest BCUT2D eigenvalue weighted by atomic mass is 10.0. The average Bonchev–Trinajstić information content (AvgIpc) is 2.36. The molecule has 4 nitrogen and oxygen atoms in total. The standard InChI is InChI=1S/C13H13ClN4/c1-9(2)11-3-4-13(12(14)5-11)18-17-8-10(6-15)7-16/h3-5,8-9,17-18H,1-2H3. The molecule has 0 heterocycles. The summed E-state index contributed by atoms with van der Waals surface area (Å²) in [5.41, 5.74) is 7.29. The van der Waals surface area contributed by atoms with Crippen molar-refractivity contribution >= 4 is 17.3 Å². The third kappa shape index (κ3) is 3.69. The van der Waals surface area contributed by atoms with E-state index >= 15 is 0 Å². The van der Waals surface area contributed by atoms with Crippen LogP contribution in [0.25, 0.3) is 0 Å². The van der Waals surface area contributed by atoms with Crippen LogP contribution in [0.1, 0.15) is 25.3 Å². The molecule has 18 heavy (non-hydrogen) atoms. The van der Waals surface area contributed by atoms with Gasteiger partial charge < -0.3 is 5.43 Å². The molecule has 0 aliphatic heterocycles. The zero-order valence-electron chi connectivity index (χ0n) is 10.2. The van der Waals surface area contributed by atoms with Gasteiger partial charge in [0.15, 0.2) is 0 Å². The van der Waals surface area contributed by atoms with E-state index in [1.807, 2.05) is 18.2 Å². The van der Waals surface area contributed by atoms with Crippen molar-refractivity contribution in [2.75, 3.05) is 5.43 Å². The maximum absolute atomic E-state index is 8.54. The number of nitriles is 2. The second-order valence-electron chi connectivity index (χ2n) is 3.94. The maximum atomic E-state index is 8.54. The van der Waals surface area contributed by atoms with Gasteiger partial charge in [0.2, 0.25) is 0 Å². The molecule has 0 radical (unpaired) electrons. The third-order valence-corrected chi connectivity index (χ3v) is 2.64. The van der Waals surface area contributed by atoms with Gasteiger partial charge in [-0.2, -0.15) is 10.5 Å². The fourth-order valence-corrected chi connectivity index (χ4v) is 1.50. The number of halogens is 1. The number of rotatable bonds is 4. The average molecular weight is 261 g/mol. The molecule has 92 valence electrons. The molecule has 0 aromatic heterocycles. The minimum Gasteiger partial charge on any atom is -0.306 e. The lowest BCUT2D eigenvalue weighted by Gasteiger charge is -2.11. The fourth-order valence-electron chi connectivity index (χ4n) is 1.27. The molecule has 0 atom stereocenters. The zero-order valence-corrected chi connectivity index (χ0v) is 10.9. The highest BCUT2D eigenvalue weighted by Gasteiger charge is 2.03. The summed E-state index contributed by atoms with van der Waals surface area (Å²) in [6, 6.07) is 9.18. The van der Waals surface area contributed by atoms with Gasteiger partial charge in [-0.1, -0.05) is 31.5 Å². The summed E-state index contributed by atoms with van der Waals surface area (Å²) in [5, 5.41) is 17.7. The molecule has 0 aliphatic carbocycles. The van der Waals surface area contributed by atoms with Crippen LogP contribution in [0.3, 0.4) is 0 Å². The number of anilines is 1. The van der Waals surface area contributed by atoms with Crippen LogP contribution >= 0.6 is 11.6 Å². The topological polar surface area (TPSA) is 71.6 Å². The summed E-state index contributed by atoms with van der Waals surface area (Å²) in [4.78, 5) is 0. The van der Waals surface area contributed by atoms with E-state index in [0.29, 0.717) is 16.6 Å². The molecule has 0 fully saturated rings. The highest BCUT2D eigenvalue weighted by Crippen LogP contribution is 2.25. The summed E-state index contributed by atoms with van der Waals surface area (Å²) >= 11 is 6.10. The Kier molecular flexibility index (Phi) is 5.05. The smallest absolute Gasteiger partial charge is 0.147 e. The van der Waals surface area contributed by atoms with Gasteiger partial charge in [0, 0.05) is 6.20 Å². The predicted molar refractivity (Wildman–Crippen MR) is 71.6 cm³/mol. The van der Waals surface area contributed by atoms with Crippen LogP contribution in [-0.4, -0.2) is 0 Å². The van der Waals surface area contributed by atoms with Gasteiger partial charge in [0.25, 0.3) is 0 Å². The Morgan fingerprint density at radius 3 is 2.50 bits per heavy atom. The molecule has 1 rings (SSSR count). The highest BCUT2D eigenvalue weighted by molar-refractivity contribution is 6.33. The first-order valence-corrected chi connectivity index (χ1v) is 5.77. The molecule has 0 saturated carbocycles. The minimum atomic E-state index is -0.0163. The van der Waals surface area contributed by atoms with E-state index in [1.54, 1.807) is 12.1 Å². The van der Waals surface area contributed by atoms with Crippen molar-refractivity contribution in [3.05, 3.63) is 40.6 Å². The van der Waals surface area contributed by atoms with Crippen LogP contribution in [0.15, 0.2) is 30.0 Å². The summed E-state index contributed by atoms with van der Waals surface area (Å²) in [6.07, 6.45) is 1.28. The van der Waals surface area contributed by atoms with Gasteiger partial charge in [-0.05, 0) is 23.6 Å². The Morgan fingerprint density at radius 2 is 2.00 bits per heavy atom. The van der Waals surface area contributed by atoms with E-state index in [2.05, 4.69) is 24.7 Å². The normalized spacial score (nSPS) is 9.22. The van der Waals surface area contributed by atoms with E-state index in [1.165, 1.54) is 6.20 Å². The van der Waals surface area contributed by atoms with Crippen molar-refractivity contribution in [1.82, 2.24) is 5.43 Å². The molecule has 2 N–H and O–H groups in total. The molecule has 5 heteroatoms. The second kappa shape index (κ2) is 6.54. The van der Waals surface area contributed by atoms with Crippen molar-refractivity contribution in [3.63, 3.8) is 0 Å². The van der Waals surface area contributed by atoms with Crippen LogP contribution in [0.4, 0.5) is 5.69 Å². The van der Waals surface area contributed by atoms with E-state index in [0.717, 1.165) is 5.56 Å². The van der Waals surface area contributed by atoms with E-state index < -0.39 is 0 Å². The highest BCUT2D eigenvalue weighted by atomic mass is 35.5. The number of nitrogens with zero attached hydrogens (tertiary/aromatic N) is 2. The fraction of sp³-hybridized carbons (Fsp3) is 0.231. The predicted octanol–water partition coefficient (Wildman–Crippen LogP) is 3.31. The number of hydrogen-bond acceptors (Lipinski definition) is 4. The Balaban J connectivity index is 2.73. The van der Waals surface area contributed by atoms with Crippen molar-refractivity contribution in [2.45, 2.75) is 19.8 Å². The van der Waals surface area contributed by atoms with Crippen LogP contribution < -0.4 is 10.9 Å². The van der Waals surface area contributed by atoms with E-state index in [4.69, 9.17) is 22.1 Å². The monoisotopic (exact) mass is 260 g/mol. The van der Waals surface area contributed by atoms with Gasteiger partial charge in [0.05, 0.1) is 10.7 Å². The molecule has 0 spiro atoms. The Hall–Kier alpha value is -2.17. The molecule has 0 amide bonds. The molecule has 0 unspecified atom stereocenters. The number of benzene rings is 1. The zero-order chi connectivity index (χ0) is 13.5. The lowest BCUT2D eigenvalue weighted by Crippen LogP contribution is -2.15. The maximum Gasteiger partial charge on any atom is 0.147 e. The third-order valence-electron chi connectivity index (χ3n) is 2.32. The molecular formula is C13H13ClN4. The first-order chi connectivity index (χ1) is 8.58. The van der Waals surface area contributed by atoms with Crippen molar-refractivity contribution in [2.24, 2.45) is 0 Å². The summed E-state index contributed by atoms with van der Waals surface area (Å²) < 4.78 is 0. The number of allylic oxidation sites excluding steroid dienone is 1. The van der Waals surface area contributed by atoms with Crippen molar-refractivity contribution in [1.29, 1.82) is 10.5 Å². The van der Waals surface area contributed by atoms with Gasteiger partial charge in [-0.15, -0.1) is 0 Å².